The molecule has 1 aliphatic heterocycles. The molecule has 12 nitrogen and oxygen atoms in total. The number of hydrogen-bond acceptors (Lipinski definition) is 12. The minimum Gasteiger partial charge on any atom is -0.457 e. The first kappa shape index (κ1) is 39.2. The van der Waals surface area contributed by atoms with Gasteiger partial charge in [0.2, 0.25) is 0 Å². The smallest absolute Gasteiger partial charge is 0.306 e. The molecule has 2 rings (SSSR count). The first-order valence-electron chi connectivity index (χ1n) is 17.0. The standard InChI is InChI=1S/C32H60O12/c1-2-3-4-5-6-7-8-9-10-11-12-13-14-15-16-17-18-19-22(34)43-30-27(39)25(37)26(38)28(40)31(30)44-32-29(41)24(36)23(35)21(20-33)42-32/h21,23-33,35-41H,2-20H2,1H3/t21-,23-,24+,25+,26+,27-,28-,29-,30-,31+,32+/m1/s1. The molecule has 0 aromatic heterocycles. The Morgan fingerprint density at radius 1 is 0.545 bits per heavy atom. The number of carbonyl (C=O) groups excluding carboxylic acids is 1. The number of carbonyl (C=O) groups is 1. The molecule has 0 spiro atoms. The molecule has 1 saturated carbocycles. The molecule has 0 aromatic rings. The van der Waals surface area contributed by atoms with Crippen LogP contribution in [0.1, 0.15) is 122 Å². The van der Waals surface area contributed by atoms with Gasteiger partial charge in [-0.05, 0) is 6.42 Å². The fourth-order valence-electron chi connectivity index (χ4n) is 6.02. The largest absolute Gasteiger partial charge is 0.457 e. The number of ether oxygens (including phenoxy) is 3. The third-order valence-corrected chi connectivity index (χ3v) is 8.94. The van der Waals surface area contributed by atoms with E-state index >= 15 is 0 Å². The maximum atomic E-state index is 12.6. The maximum Gasteiger partial charge on any atom is 0.306 e. The van der Waals surface area contributed by atoms with Crippen LogP contribution in [0.3, 0.4) is 0 Å². The monoisotopic (exact) mass is 636 g/mol. The van der Waals surface area contributed by atoms with Gasteiger partial charge in [0.15, 0.2) is 12.4 Å². The van der Waals surface area contributed by atoms with Crippen LogP contribution in [0.25, 0.3) is 0 Å². The summed E-state index contributed by atoms with van der Waals surface area (Å²) in [6, 6.07) is 0. The molecule has 1 aliphatic carbocycles. The SMILES string of the molecule is CCCCCCCCCCCCCCCCCCCC(=O)O[C@@H]1[C@H](O)[C@@H](O)[C@H](O)[C@@H](O)[C@@H]1O[C@@H]1O[C@H](CO)[C@@H](O)[C@H](O)[C@H]1O. The van der Waals surface area contributed by atoms with Crippen molar-refractivity contribution in [3.05, 3.63) is 0 Å². The Balaban J connectivity index is 1.66. The molecule has 8 N–H and O–H groups in total. The third kappa shape index (κ3) is 12.7. The van der Waals surface area contributed by atoms with Gasteiger partial charge in [0.25, 0.3) is 0 Å². The van der Waals surface area contributed by atoms with Crippen LogP contribution in [-0.4, -0.2) is 121 Å². The Morgan fingerprint density at radius 3 is 1.41 bits per heavy atom. The van der Waals surface area contributed by atoms with Crippen LogP contribution in [0.4, 0.5) is 0 Å². The minimum atomic E-state index is -1.88. The number of esters is 1. The van der Waals surface area contributed by atoms with E-state index in [-0.39, 0.29) is 6.42 Å². The van der Waals surface area contributed by atoms with Crippen LogP contribution in [0.2, 0.25) is 0 Å². The molecule has 0 amide bonds. The lowest BCUT2D eigenvalue weighted by molar-refractivity contribution is -0.340. The summed E-state index contributed by atoms with van der Waals surface area (Å²) in [5, 5.41) is 81.2. The van der Waals surface area contributed by atoms with Crippen molar-refractivity contribution in [2.24, 2.45) is 0 Å². The van der Waals surface area contributed by atoms with Gasteiger partial charge in [0, 0.05) is 6.42 Å². The average molecular weight is 637 g/mol. The molecule has 44 heavy (non-hydrogen) atoms. The second-order valence-electron chi connectivity index (χ2n) is 12.6. The molecule has 260 valence electrons. The first-order chi connectivity index (χ1) is 21.1. The summed E-state index contributed by atoms with van der Waals surface area (Å²) in [7, 11) is 0. The number of unbranched alkanes of at least 4 members (excludes halogenated alkanes) is 16. The van der Waals surface area contributed by atoms with Crippen molar-refractivity contribution < 1.29 is 59.9 Å². The summed E-state index contributed by atoms with van der Waals surface area (Å²) in [6.07, 6.45) is 1.53. The van der Waals surface area contributed by atoms with Gasteiger partial charge in [-0.2, -0.15) is 0 Å². The lowest BCUT2D eigenvalue weighted by atomic mass is 9.84. The van der Waals surface area contributed by atoms with Crippen LogP contribution in [0.15, 0.2) is 0 Å². The van der Waals surface area contributed by atoms with E-state index in [0.29, 0.717) is 6.42 Å². The third-order valence-electron chi connectivity index (χ3n) is 8.94. The highest BCUT2D eigenvalue weighted by molar-refractivity contribution is 5.69. The van der Waals surface area contributed by atoms with Crippen LogP contribution in [0, 0.1) is 0 Å². The predicted octanol–water partition coefficient (Wildman–Crippen LogP) is 1.58. The zero-order valence-electron chi connectivity index (χ0n) is 26.5. The van der Waals surface area contributed by atoms with Crippen molar-refractivity contribution in [1.82, 2.24) is 0 Å². The molecule has 1 heterocycles. The lowest BCUT2D eigenvalue weighted by Gasteiger charge is -2.46. The van der Waals surface area contributed by atoms with Gasteiger partial charge in [0.1, 0.15) is 54.9 Å². The van der Waals surface area contributed by atoms with Crippen molar-refractivity contribution in [2.75, 3.05) is 6.61 Å². The summed E-state index contributed by atoms with van der Waals surface area (Å²) in [5.74, 6) is -0.701. The molecule has 11 atom stereocenters. The maximum absolute atomic E-state index is 12.6. The number of rotatable bonds is 22. The zero-order valence-corrected chi connectivity index (χ0v) is 26.5. The highest BCUT2D eigenvalue weighted by Gasteiger charge is 2.54. The van der Waals surface area contributed by atoms with Gasteiger partial charge in [-0.1, -0.05) is 110 Å². The van der Waals surface area contributed by atoms with Gasteiger partial charge in [-0.15, -0.1) is 0 Å². The Bertz CT molecular complexity index is 755. The summed E-state index contributed by atoms with van der Waals surface area (Å²) in [4.78, 5) is 12.6. The normalized spacial score (nSPS) is 34.2. The van der Waals surface area contributed by atoms with E-state index < -0.39 is 79.9 Å². The molecule has 0 bridgehead atoms. The van der Waals surface area contributed by atoms with Crippen molar-refractivity contribution in [3.63, 3.8) is 0 Å². The molecule has 0 unspecified atom stereocenters. The Kier molecular flexibility index (Phi) is 19.4. The molecule has 1 saturated heterocycles. The quantitative estimate of drug-likeness (QED) is 0.0630. The van der Waals surface area contributed by atoms with Gasteiger partial charge < -0.3 is 55.1 Å². The van der Waals surface area contributed by atoms with E-state index in [1.165, 1.54) is 77.0 Å². The van der Waals surface area contributed by atoms with Crippen LogP contribution in [-0.2, 0) is 19.0 Å². The Labute approximate surface area is 262 Å². The van der Waals surface area contributed by atoms with E-state index in [4.69, 9.17) is 14.2 Å². The second-order valence-corrected chi connectivity index (χ2v) is 12.6. The molecule has 12 heteroatoms. The summed E-state index contributed by atoms with van der Waals surface area (Å²) < 4.78 is 16.2. The number of aliphatic hydroxyl groups is 8. The molecular formula is C32H60O12. The van der Waals surface area contributed by atoms with Crippen LogP contribution >= 0.6 is 0 Å². The second kappa shape index (κ2) is 21.8. The molecule has 2 aliphatic rings. The van der Waals surface area contributed by atoms with E-state index in [1.807, 2.05) is 0 Å². The summed E-state index contributed by atoms with van der Waals surface area (Å²) in [5.41, 5.74) is 0. The molecule has 0 radical (unpaired) electrons. The van der Waals surface area contributed by atoms with Crippen molar-refractivity contribution >= 4 is 5.97 Å². The Hall–Kier alpha value is -0.930. The van der Waals surface area contributed by atoms with E-state index in [2.05, 4.69) is 6.92 Å². The topological polar surface area (TPSA) is 207 Å². The Morgan fingerprint density at radius 2 is 0.955 bits per heavy atom. The highest BCUT2D eigenvalue weighted by atomic mass is 16.7. The van der Waals surface area contributed by atoms with Crippen molar-refractivity contribution in [1.29, 1.82) is 0 Å². The van der Waals surface area contributed by atoms with Gasteiger partial charge in [-0.25, -0.2) is 0 Å². The van der Waals surface area contributed by atoms with E-state index in [1.54, 1.807) is 0 Å². The van der Waals surface area contributed by atoms with Gasteiger partial charge >= 0.3 is 5.97 Å². The van der Waals surface area contributed by atoms with Gasteiger partial charge in [0.05, 0.1) is 6.61 Å². The van der Waals surface area contributed by atoms with E-state index in [0.717, 1.165) is 25.7 Å². The molecule has 0 aromatic carbocycles. The lowest BCUT2D eigenvalue weighted by Crippen LogP contribution is -2.67. The minimum absolute atomic E-state index is 0.0311. The predicted molar refractivity (Wildman–Crippen MR) is 161 cm³/mol. The van der Waals surface area contributed by atoms with Crippen molar-refractivity contribution in [2.45, 2.75) is 190 Å². The van der Waals surface area contributed by atoms with Crippen molar-refractivity contribution in [3.8, 4) is 0 Å². The highest BCUT2D eigenvalue weighted by Crippen LogP contribution is 2.31. The first-order valence-corrected chi connectivity index (χ1v) is 17.0. The average Bonchev–Trinajstić information content (AvgIpc) is 3.02. The summed E-state index contributed by atoms with van der Waals surface area (Å²) >= 11 is 0. The zero-order chi connectivity index (χ0) is 32.5. The van der Waals surface area contributed by atoms with Crippen LogP contribution < -0.4 is 0 Å². The van der Waals surface area contributed by atoms with E-state index in [9.17, 15) is 45.6 Å². The molecule has 2 fully saturated rings. The van der Waals surface area contributed by atoms with Gasteiger partial charge in [-0.3, -0.25) is 4.79 Å². The number of aliphatic hydroxyl groups excluding tert-OH is 8. The molecular weight excluding hydrogens is 576 g/mol. The fourth-order valence-corrected chi connectivity index (χ4v) is 6.02. The van der Waals surface area contributed by atoms with Crippen LogP contribution in [0.5, 0.6) is 0 Å². The summed E-state index contributed by atoms with van der Waals surface area (Å²) in [6.45, 7) is 1.52. The fraction of sp³-hybridized carbons (Fsp3) is 0.969. The number of hydrogen-bond donors (Lipinski definition) is 8.